The van der Waals surface area contributed by atoms with Crippen molar-refractivity contribution >= 4 is 5.69 Å². The van der Waals surface area contributed by atoms with Gasteiger partial charge in [0.2, 0.25) is 0 Å². The van der Waals surface area contributed by atoms with Crippen LogP contribution >= 0.6 is 0 Å². The first-order valence-electron chi connectivity index (χ1n) is 3.72. The fraction of sp³-hybridized carbons (Fsp3) is 0.375. The second kappa shape index (κ2) is 2.42. The lowest BCUT2D eigenvalue weighted by molar-refractivity contribution is 0.303. The lowest BCUT2D eigenvalue weighted by Crippen LogP contribution is -1.99. The van der Waals surface area contributed by atoms with E-state index in [2.05, 4.69) is 4.98 Å². The van der Waals surface area contributed by atoms with Crippen LogP contribution in [0, 0.1) is 0 Å². The molecule has 0 bridgehead atoms. The first-order valence-corrected chi connectivity index (χ1v) is 3.72. The smallest absolute Gasteiger partial charge is 0.160 e. The van der Waals surface area contributed by atoms with E-state index in [4.69, 9.17) is 10.5 Å². The Kier molecular flexibility index (Phi) is 1.42. The van der Waals surface area contributed by atoms with Gasteiger partial charge in [0, 0.05) is 6.20 Å². The molecule has 3 heteroatoms. The second-order valence-electron chi connectivity index (χ2n) is 2.73. The minimum Gasteiger partial charge on any atom is -0.487 e. The molecule has 0 unspecified atom stereocenters. The molecule has 1 aromatic heterocycles. The maximum absolute atomic E-state index is 5.63. The molecule has 1 fully saturated rings. The lowest BCUT2D eigenvalue weighted by Gasteiger charge is -2.04. The van der Waals surface area contributed by atoms with Crippen LogP contribution in [0.15, 0.2) is 18.5 Å². The predicted octanol–water partition coefficient (Wildman–Crippen LogP) is 1.21. The van der Waals surface area contributed by atoms with Gasteiger partial charge in [0.15, 0.2) is 5.75 Å². The zero-order chi connectivity index (χ0) is 7.68. The topological polar surface area (TPSA) is 48.1 Å². The van der Waals surface area contributed by atoms with E-state index in [9.17, 15) is 0 Å². The first kappa shape index (κ1) is 6.46. The van der Waals surface area contributed by atoms with Gasteiger partial charge in [-0.1, -0.05) is 0 Å². The normalized spacial score (nSPS) is 16.4. The number of nitrogens with two attached hydrogens (primary N) is 1. The van der Waals surface area contributed by atoms with Gasteiger partial charge in [-0.15, -0.1) is 0 Å². The number of ether oxygens (including phenoxy) is 1. The van der Waals surface area contributed by atoms with Gasteiger partial charge in [-0.05, 0) is 18.9 Å². The van der Waals surface area contributed by atoms with Crippen LogP contribution in [0.4, 0.5) is 5.69 Å². The number of nitrogen functional groups attached to an aromatic ring is 1. The predicted molar refractivity (Wildman–Crippen MR) is 42.3 cm³/mol. The van der Waals surface area contributed by atoms with Gasteiger partial charge in [0.25, 0.3) is 0 Å². The van der Waals surface area contributed by atoms with Crippen molar-refractivity contribution in [3.63, 3.8) is 0 Å². The zero-order valence-corrected chi connectivity index (χ0v) is 6.16. The average molecular weight is 150 g/mol. The van der Waals surface area contributed by atoms with Gasteiger partial charge < -0.3 is 10.5 Å². The van der Waals surface area contributed by atoms with Crippen molar-refractivity contribution in [2.45, 2.75) is 18.9 Å². The van der Waals surface area contributed by atoms with Crippen LogP contribution in [0.1, 0.15) is 12.8 Å². The molecule has 3 nitrogen and oxygen atoms in total. The summed E-state index contributed by atoms with van der Waals surface area (Å²) in [5, 5.41) is 0. The van der Waals surface area contributed by atoms with Crippen LogP contribution in [-0.4, -0.2) is 11.1 Å². The fourth-order valence-corrected chi connectivity index (χ4v) is 0.855. The molecule has 0 spiro atoms. The van der Waals surface area contributed by atoms with Crippen LogP contribution in [0.3, 0.4) is 0 Å². The van der Waals surface area contributed by atoms with E-state index in [1.165, 1.54) is 0 Å². The molecule has 0 atom stereocenters. The highest BCUT2D eigenvalue weighted by Gasteiger charge is 2.24. The van der Waals surface area contributed by atoms with Crippen LogP contribution in [0.25, 0.3) is 0 Å². The van der Waals surface area contributed by atoms with Gasteiger partial charge in [-0.25, -0.2) is 0 Å². The van der Waals surface area contributed by atoms with E-state index in [0.29, 0.717) is 11.8 Å². The molecule has 1 aromatic rings. The second-order valence-corrected chi connectivity index (χ2v) is 2.73. The van der Waals surface area contributed by atoms with E-state index in [0.717, 1.165) is 18.6 Å². The maximum atomic E-state index is 5.63. The Hall–Kier alpha value is -1.25. The standard InChI is InChI=1S/C8H10N2O/c9-7-3-4-10-5-8(7)11-6-1-2-6/h3-6H,1-2H2,(H2,9,10). The van der Waals surface area contributed by atoms with Crippen LogP contribution in [0.5, 0.6) is 5.75 Å². The Morgan fingerprint density at radius 1 is 1.55 bits per heavy atom. The van der Waals surface area contributed by atoms with Gasteiger partial charge in [-0.2, -0.15) is 0 Å². The van der Waals surface area contributed by atoms with Gasteiger partial charge >= 0.3 is 0 Å². The molecule has 0 amide bonds. The third kappa shape index (κ3) is 1.42. The van der Waals surface area contributed by atoms with Crippen LogP contribution in [-0.2, 0) is 0 Å². The number of hydrogen-bond acceptors (Lipinski definition) is 3. The maximum Gasteiger partial charge on any atom is 0.160 e. The van der Waals surface area contributed by atoms with Crippen molar-refractivity contribution in [1.82, 2.24) is 4.98 Å². The number of nitrogens with zero attached hydrogens (tertiary/aromatic N) is 1. The molecule has 2 N–H and O–H groups in total. The summed E-state index contributed by atoms with van der Waals surface area (Å²) in [6.07, 6.45) is 6.01. The summed E-state index contributed by atoms with van der Waals surface area (Å²) in [5.74, 6) is 0.718. The number of pyridine rings is 1. The summed E-state index contributed by atoms with van der Waals surface area (Å²) in [7, 11) is 0. The molecule has 11 heavy (non-hydrogen) atoms. The van der Waals surface area contributed by atoms with E-state index >= 15 is 0 Å². The molecule has 1 aliphatic carbocycles. The first-order chi connectivity index (χ1) is 5.36. The minimum atomic E-state index is 0.390. The molecule has 0 saturated heterocycles. The monoisotopic (exact) mass is 150 g/mol. The number of hydrogen-bond donors (Lipinski definition) is 1. The largest absolute Gasteiger partial charge is 0.487 e. The Morgan fingerprint density at radius 2 is 2.36 bits per heavy atom. The molecule has 0 aromatic carbocycles. The Morgan fingerprint density at radius 3 is 3.00 bits per heavy atom. The highest BCUT2D eigenvalue weighted by Crippen LogP contribution is 2.29. The van der Waals surface area contributed by atoms with Crippen molar-refractivity contribution in [2.75, 3.05) is 5.73 Å². The molecule has 1 saturated carbocycles. The van der Waals surface area contributed by atoms with Gasteiger partial charge in [0.05, 0.1) is 18.0 Å². The highest BCUT2D eigenvalue weighted by molar-refractivity contribution is 5.50. The third-order valence-electron chi connectivity index (χ3n) is 1.63. The fourth-order valence-electron chi connectivity index (χ4n) is 0.855. The van der Waals surface area contributed by atoms with Crippen LogP contribution in [0.2, 0.25) is 0 Å². The third-order valence-corrected chi connectivity index (χ3v) is 1.63. The van der Waals surface area contributed by atoms with Crippen molar-refractivity contribution < 1.29 is 4.74 Å². The van der Waals surface area contributed by atoms with E-state index in [1.807, 2.05) is 0 Å². The summed E-state index contributed by atoms with van der Waals surface area (Å²) >= 11 is 0. The van der Waals surface area contributed by atoms with E-state index < -0.39 is 0 Å². The Labute approximate surface area is 65.2 Å². The Bertz CT molecular complexity index is 258. The number of anilines is 1. The molecule has 1 heterocycles. The molecule has 1 aliphatic rings. The molecule has 0 radical (unpaired) electrons. The van der Waals surface area contributed by atoms with Crippen molar-refractivity contribution in [1.29, 1.82) is 0 Å². The molecular formula is C8H10N2O. The summed E-state index contributed by atoms with van der Waals surface area (Å²) in [6.45, 7) is 0. The van der Waals surface area contributed by atoms with E-state index in [1.54, 1.807) is 18.5 Å². The number of rotatable bonds is 2. The van der Waals surface area contributed by atoms with Crippen molar-refractivity contribution in [2.24, 2.45) is 0 Å². The lowest BCUT2D eigenvalue weighted by atomic mass is 10.4. The van der Waals surface area contributed by atoms with Crippen LogP contribution < -0.4 is 10.5 Å². The van der Waals surface area contributed by atoms with Crippen molar-refractivity contribution in [3.05, 3.63) is 18.5 Å². The molecule has 58 valence electrons. The summed E-state index contributed by atoms with van der Waals surface area (Å²) in [6, 6.07) is 1.75. The quantitative estimate of drug-likeness (QED) is 0.689. The van der Waals surface area contributed by atoms with Crippen molar-refractivity contribution in [3.8, 4) is 5.75 Å². The van der Waals surface area contributed by atoms with E-state index in [-0.39, 0.29) is 0 Å². The van der Waals surface area contributed by atoms with Gasteiger partial charge in [-0.3, -0.25) is 4.98 Å². The highest BCUT2D eigenvalue weighted by atomic mass is 16.5. The zero-order valence-electron chi connectivity index (χ0n) is 6.16. The summed E-state index contributed by atoms with van der Waals surface area (Å²) in [4.78, 5) is 3.92. The van der Waals surface area contributed by atoms with Gasteiger partial charge in [0.1, 0.15) is 0 Å². The molecule has 0 aliphatic heterocycles. The SMILES string of the molecule is Nc1ccncc1OC1CC1. The Balaban J connectivity index is 2.15. The summed E-state index contributed by atoms with van der Waals surface area (Å²) < 4.78 is 5.47. The molecular weight excluding hydrogens is 140 g/mol. The molecule has 2 rings (SSSR count). The summed E-state index contributed by atoms with van der Waals surface area (Å²) in [5.41, 5.74) is 6.30. The number of aromatic nitrogens is 1. The minimum absolute atomic E-state index is 0.390. The average Bonchev–Trinajstić information content (AvgIpc) is 2.78.